The molecule has 1 aliphatic heterocycles. The van der Waals surface area contributed by atoms with Gasteiger partial charge in [-0.05, 0) is 39.5 Å². The Balaban J connectivity index is 1.76. The minimum absolute atomic E-state index is 0.220. The molecule has 120 valence electrons. The maximum absolute atomic E-state index is 10.2. The minimum Gasteiger partial charge on any atom is -0.389 e. The van der Waals surface area contributed by atoms with Crippen LogP contribution < -0.4 is 0 Å². The molecule has 1 heterocycles. The number of hydrogen-bond acceptors (Lipinski definition) is 4. The molecule has 4 heteroatoms. The van der Waals surface area contributed by atoms with E-state index in [9.17, 15) is 5.11 Å². The first kappa shape index (κ1) is 16.8. The summed E-state index contributed by atoms with van der Waals surface area (Å²) < 4.78 is 11.6. The van der Waals surface area contributed by atoms with Crippen molar-refractivity contribution in [3.63, 3.8) is 0 Å². The minimum atomic E-state index is -0.491. The van der Waals surface area contributed by atoms with Crippen LogP contribution in [-0.2, 0) is 9.47 Å². The molecule has 0 unspecified atom stereocenters. The summed E-state index contributed by atoms with van der Waals surface area (Å²) in [5.41, 5.74) is -0.440. The first-order chi connectivity index (χ1) is 10.0. The highest BCUT2D eigenvalue weighted by Crippen LogP contribution is 2.31. The summed E-state index contributed by atoms with van der Waals surface area (Å²) in [6, 6.07) is 0. The van der Waals surface area contributed by atoms with Gasteiger partial charge in [0.15, 0.2) is 0 Å². The highest BCUT2D eigenvalue weighted by atomic mass is 16.5. The predicted octanol–water partition coefficient (Wildman–Crippen LogP) is 1.81. The van der Waals surface area contributed by atoms with Gasteiger partial charge < -0.3 is 14.6 Å². The van der Waals surface area contributed by atoms with E-state index in [1.807, 2.05) is 0 Å². The second kappa shape index (κ2) is 7.60. The lowest BCUT2D eigenvalue weighted by molar-refractivity contribution is -0.0969. The molecule has 2 fully saturated rings. The van der Waals surface area contributed by atoms with Crippen molar-refractivity contribution in [1.82, 2.24) is 4.90 Å². The van der Waals surface area contributed by atoms with Crippen molar-refractivity contribution in [3.8, 4) is 12.3 Å². The molecule has 0 amide bonds. The maximum Gasteiger partial charge on any atom is 0.128 e. The Morgan fingerprint density at radius 2 is 1.90 bits per heavy atom. The fourth-order valence-electron chi connectivity index (χ4n) is 3.49. The molecular weight excluding hydrogens is 266 g/mol. The zero-order valence-electron chi connectivity index (χ0n) is 13.4. The van der Waals surface area contributed by atoms with E-state index < -0.39 is 11.7 Å². The molecule has 1 saturated heterocycles. The molecule has 0 aromatic heterocycles. The quantitative estimate of drug-likeness (QED) is 0.786. The van der Waals surface area contributed by atoms with Gasteiger partial charge in [0.1, 0.15) is 5.60 Å². The van der Waals surface area contributed by atoms with Gasteiger partial charge in [0, 0.05) is 19.6 Å². The largest absolute Gasteiger partial charge is 0.389 e. The molecule has 4 nitrogen and oxygen atoms in total. The number of aliphatic hydroxyl groups excluding tert-OH is 1. The van der Waals surface area contributed by atoms with Crippen molar-refractivity contribution >= 4 is 0 Å². The third-order valence-corrected chi connectivity index (χ3v) is 4.44. The summed E-state index contributed by atoms with van der Waals surface area (Å²) in [6.07, 6.45) is 10.9. The van der Waals surface area contributed by atoms with Gasteiger partial charge in [-0.2, -0.15) is 0 Å². The smallest absolute Gasteiger partial charge is 0.128 e. The predicted molar refractivity (Wildman–Crippen MR) is 83.1 cm³/mol. The molecule has 0 bridgehead atoms. The van der Waals surface area contributed by atoms with Crippen molar-refractivity contribution in [2.24, 2.45) is 0 Å². The normalized spacial score (nSPS) is 31.5. The number of nitrogens with zero attached hydrogens (tertiary/aromatic N) is 1. The van der Waals surface area contributed by atoms with Crippen LogP contribution in [0.5, 0.6) is 0 Å². The van der Waals surface area contributed by atoms with Gasteiger partial charge >= 0.3 is 0 Å². The summed E-state index contributed by atoms with van der Waals surface area (Å²) in [6.45, 7) is 6.81. The van der Waals surface area contributed by atoms with Crippen LogP contribution in [0.2, 0.25) is 0 Å². The summed E-state index contributed by atoms with van der Waals surface area (Å²) in [5.74, 6) is 2.82. The Labute approximate surface area is 128 Å². The van der Waals surface area contributed by atoms with Gasteiger partial charge in [0.2, 0.25) is 0 Å². The number of ether oxygens (including phenoxy) is 2. The van der Waals surface area contributed by atoms with Crippen molar-refractivity contribution in [2.75, 3.05) is 26.2 Å². The highest BCUT2D eigenvalue weighted by molar-refractivity contribution is 5.09. The second-order valence-corrected chi connectivity index (χ2v) is 6.64. The molecule has 0 radical (unpaired) electrons. The lowest BCUT2D eigenvalue weighted by Crippen LogP contribution is -2.49. The lowest BCUT2D eigenvalue weighted by Gasteiger charge is -2.37. The average Bonchev–Trinajstić information content (AvgIpc) is 2.45. The molecule has 21 heavy (non-hydrogen) atoms. The molecule has 1 N–H and O–H groups in total. The van der Waals surface area contributed by atoms with E-state index in [-0.39, 0.29) is 12.2 Å². The molecule has 0 aromatic rings. The van der Waals surface area contributed by atoms with Gasteiger partial charge in [-0.3, -0.25) is 4.90 Å². The SMILES string of the molecule is C#CC1(OC[C@@H](O)CN2C[C@@H](C)O[C@H](C)C2)CCCCC1. The van der Waals surface area contributed by atoms with Crippen LogP contribution in [0.1, 0.15) is 46.0 Å². The third kappa shape index (κ3) is 4.96. The molecular formula is C17H29NO3. The van der Waals surface area contributed by atoms with Crippen molar-refractivity contribution in [3.05, 3.63) is 0 Å². The number of morpholine rings is 1. The van der Waals surface area contributed by atoms with Crippen LogP contribution in [0.4, 0.5) is 0 Å². The maximum atomic E-state index is 10.2. The first-order valence-corrected chi connectivity index (χ1v) is 8.20. The number of β-amino-alcohol motifs (C(OH)–C–C–N with tert-alkyl or cyclic N) is 1. The average molecular weight is 295 g/mol. The van der Waals surface area contributed by atoms with Crippen LogP contribution >= 0.6 is 0 Å². The highest BCUT2D eigenvalue weighted by Gasteiger charge is 2.32. The first-order valence-electron chi connectivity index (χ1n) is 8.20. The van der Waals surface area contributed by atoms with Crippen LogP contribution in [0.25, 0.3) is 0 Å². The van der Waals surface area contributed by atoms with Crippen LogP contribution in [0.15, 0.2) is 0 Å². The van der Waals surface area contributed by atoms with E-state index in [0.717, 1.165) is 38.8 Å². The molecule has 1 saturated carbocycles. The molecule has 3 atom stereocenters. The van der Waals surface area contributed by atoms with E-state index in [2.05, 4.69) is 24.7 Å². The van der Waals surface area contributed by atoms with Crippen molar-refractivity contribution in [1.29, 1.82) is 0 Å². The Kier molecular flexibility index (Phi) is 6.07. The molecule has 1 aliphatic carbocycles. The van der Waals surface area contributed by atoms with Gasteiger partial charge in [-0.15, -0.1) is 6.42 Å². The van der Waals surface area contributed by atoms with Gasteiger partial charge in [-0.1, -0.05) is 12.3 Å². The standard InChI is InChI=1S/C17H29NO3/c1-4-17(8-6-5-7-9-17)20-13-16(19)12-18-10-14(2)21-15(3)11-18/h1,14-16,19H,5-13H2,2-3H3/t14-,15-,16+/m1/s1. The summed E-state index contributed by atoms with van der Waals surface area (Å²) in [5, 5.41) is 10.2. The number of hydrogen-bond donors (Lipinski definition) is 1. The Hall–Kier alpha value is -0.600. The molecule has 2 rings (SSSR count). The van der Waals surface area contributed by atoms with E-state index in [1.54, 1.807) is 0 Å². The van der Waals surface area contributed by atoms with Crippen LogP contribution in [0.3, 0.4) is 0 Å². The zero-order valence-corrected chi connectivity index (χ0v) is 13.4. The van der Waals surface area contributed by atoms with Crippen molar-refractivity contribution in [2.45, 2.75) is 69.9 Å². The zero-order chi connectivity index (χ0) is 15.3. The van der Waals surface area contributed by atoms with Crippen molar-refractivity contribution < 1.29 is 14.6 Å². The fourth-order valence-corrected chi connectivity index (χ4v) is 3.49. The lowest BCUT2D eigenvalue weighted by atomic mass is 9.85. The number of terminal acetylenes is 1. The molecule has 2 aliphatic rings. The number of rotatable bonds is 5. The van der Waals surface area contributed by atoms with E-state index >= 15 is 0 Å². The van der Waals surface area contributed by atoms with Gasteiger partial charge in [0.05, 0.1) is 24.9 Å². The summed E-state index contributed by atoms with van der Waals surface area (Å²) in [4.78, 5) is 2.25. The second-order valence-electron chi connectivity index (χ2n) is 6.64. The Bertz CT molecular complexity index is 350. The third-order valence-electron chi connectivity index (χ3n) is 4.44. The summed E-state index contributed by atoms with van der Waals surface area (Å²) in [7, 11) is 0. The molecule has 0 spiro atoms. The Morgan fingerprint density at radius 3 is 2.48 bits per heavy atom. The fraction of sp³-hybridized carbons (Fsp3) is 0.882. The van der Waals surface area contributed by atoms with E-state index in [0.29, 0.717) is 13.2 Å². The molecule has 0 aromatic carbocycles. The van der Waals surface area contributed by atoms with Crippen LogP contribution in [0, 0.1) is 12.3 Å². The Morgan fingerprint density at radius 1 is 1.29 bits per heavy atom. The van der Waals surface area contributed by atoms with Crippen LogP contribution in [-0.4, -0.2) is 60.2 Å². The number of aliphatic hydroxyl groups is 1. The van der Waals surface area contributed by atoms with E-state index in [1.165, 1.54) is 6.42 Å². The van der Waals surface area contributed by atoms with Gasteiger partial charge in [-0.25, -0.2) is 0 Å². The monoisotopic (exact) mass is 295 g/mol. The summed E-state index contributed by atoms with van der Waals surface area (Å²) >= 11 is 0. The van der Waals surface area contributed by atoms with E-state index in [4.69, 9.17) is 15.9 Å². The topological polar surface area (TPSA) is 41.9 Å². The van der Waals surface area contributed by atoms with Gasteiger partial charge in [0.25, 0.3) is 0 Å².